The first kappa shape index (κ1) is 10.2. The second-order valence-electron chi connectivity index (χ2n) is 3.00. The molecule has 0 aromatic heterocycles. The number of nitriles is 1. The van der Waals surface area contributed by atoms with E-state index in [1.54, 1.807) is 19.1 Å². The fourth-order valence-corrected chi connectivity index (χ4v) is 1.18. The number of nitrogens with two attached hydrogens (primary N) is 1. The number of aryl methyl sites for hydroxylation is 1. The van der Waals surface area contributed by atoms with E-state index in [2.05, 4.69) is 0 Å². The minimum absolute atomic E-state index is 0.419. The lowest BCUT2D eigenvalue weighted by Gasteiger charge is -2.10. The molecule has 0 spiro atoms. The molecule has 0 aliphatic carbocycles. The fraction of sp³-hybridized carbons (Fsp3) is 0.200. The van der Waals surface area contributed by atoms with Crippen LogP contribution in [0.2, 0.25) is 0 Å². The van der Waals surface area contributed by atoms with Gasteiger partial charge in [0.1, 0.15) is 6.04 Å². The van der Waals surface area contributed by atoms with Crippen molar-refractivity contribution >= 4 is 5.97 Å². The van der Waals surface area contributed by atoms with Gasteiger partial charge in [0.15, 0.2) is 0 Å². The molecule has 0 fully saturated rings. The molecule has 0 aliphatic rings. The Bertz CT molecular complexity index is 407. The van der Waals surface area contributed by atoms with E-state index in [1.807, 2.05) is 6.07 Å². The van der Waals surface area contributed by atoms with Crippen molar-refractivity contribution in [1.82, 2.24) is 0 Å². The first-order valence-corrected chi connectivity index (χ1v) is 4.05. The highest BCUT2D eigenvalue weighted by atomic mass is 16.4. The van der Waals surface area contributed by atoms with Crippen LogP contribution >= 0.6 is 0 Å². The summed E-state index contributed by atoms with van der Waals surface area (Å²) in [6.45, 7) is 1.76. The molecule has 0 bridgehead atoms. The van der Waals surface area contributed by atoms with Gasteiger partial charge in [0, 0.05) is 0 Å². The van der Waals surface area contributed by atoms with Crippen molar-refractivity contribution in [3.63, 3.8) is 0 Å². The van der Waals surface area contributed by atoms with Crippen LogP contribution in [-0.4, -0.2) is 11.1 Å². The Morgan fingerprint density at radius 1 is 1.64 bits per heavy atom. The van der Waals surface area contributed by atoms with E-state index in [0.717, 1.165) is 5.56 Å². The van der Waals surface area contributed by atoms with E-state index in [-0.39, 0.29) is 0 Å². The maximum atomic E-state index is 10.6. The van der Waals surface area contributed by atoms with Crippen LogP contribution in [0.4, 0.5) is 0 Å². The molecular weight excluding hydrogens is 180 g/mol. The number of rotatable bonds is 2. The van der Waals surface area contributed by atoms with Crippen molar-refractivity contribution in [2.45, 2.75) is 13.0 Å². The first-order valence-electron chi connectivity index (χ1n) is 4.05. The van der Waals surface area contributed by atoms with Crippen LogP contribution in [0.5, 0.6) is 0 Å². The summed E-state index contributed by atoms with van der Waals surface area (Å²) in [6, 6.07) is 5.71. The second-order valence-corrected chi connectivity index (χ2v) is 3.00. The Kier molecular flexibility index (Phi) is 2.85. The highest BCUT2D eigenvalue weighted by Gasteiger charge is 2.16. The van der Waals surface area contributed by atoms with Crippen LogP contribution < -0.4 is 5.73 Å². The average molecular weight is 190 g/mol. The maximum absolute atomic E-state index is 10.6. The van der Waals surface area contributed by atoms with Gasteiger partial charge in [-0.25, -0.2) is 0 Å². The van der Waals surface area contributed by atoms with Crippen molar-refractivity contribution in [1.29, 1.82) is 5.26 Å². The number of benzene rings is 1. The molecule has 0 saturated carbocycles. The van der Waals surface area contributed by atoms with E-state index in [1.165, 1.54) is 6.07 Å². The van der Waals surface area contributed by atoms with Gasteiger partial charge in [0.05, 0.1) is 11.6 Å². The predicted octanol–water partition coefficient (Wildman–Crippen LogP) is 0.951. The molecule has 0 radical (unpaired) electrons. The van der Waals surface area contributed by atoms with Crippen molar-refractivity contribution in [3.05, 3.63) is 34.9 Å². The fourth-order valence-electron chi connectivity index (χ4n) is 1.18. The number of nitrogens with zero attached hydrogens (tertiary/aromatic N) is 1. The molecule has 0 amide bonds. The third kappa shape index (κ3) is 1.90. The van der Waals surface area contributed by atoms with Crippen molar-refractivity contribution in [2.75, 3.05) is 0 Å². The lowest BCUT2D eigenvalue weighted by Crippen LogP contribution is -2.21. The van der Waals surface area contributed by atoms with Gasteiger partial charge >= 0.3 is 5.97 Å². The number of carboxylic acid groups (broad SMARTS) is 1. The average Bonchev–Trinajstić information content (AvgIpc) is 2.17. The van der Waals surface area contributed by atoms with Gasteiger partial charge in [-0.1, -0.05) is 6.07 Å². The molecule has 0 saturated heterocycles. The lowest BCUT2D eigenvalue weighted by atomic mass is 9.99. The molecule has 1 rings (SSSR count). The summed E-state index contributed by atoms with van der Waals surface area (Å²) in [5, 5.41) is 17.4. The van der Waals surface area contributed by atoms with Gasteiger partial charge in [-0.15, -0.1) is 0 Å². The zero-order valence-corrected chi connectivity index (χ0v) is 7.69. The zero-order valence-electron chi connectivity index (χ0n) is 7.69. The maximum Gasteiger partial charge on any atom is 0.325 e. The van der Waals surface area contributed by atoms with Crippen LogP contribution in [-0.2, 0) is 4.79 Å². The molecule has 0 heterocycles. The standard InChI is InChI=1S/C10H10N2O2/c1-6-2-3-7(5-11)4-8(6)9(12)10(13)14/h2-4,9H,12H2,1H3,(H,13,14)/t9-/m1/s1. The molecule has 14 heavy (non-hydrogen) atoms. The minimum Gasteiger partial charge on any atom is -0.480 e. The number of aliphatic carboxylic acids is 1. The third-order valence-corrected chi connectivity index (χ3v) is 2.01. The smallest absolute Gasteiger partial charge is 0.325 e. The van der Waals surface area contributed by atoms with Crippen LogP contribution in [0.25, 0.3) is 0 Å². The number of carboxylic acids is 1. The van der Waals surface area contributed by atoms with E-state index >= 15 is 0 Å². The normalized spacial score (nSPS) is 11.8. The topological polar surface area (TPSA) is 87.1 Å². The molecule has 0 unspecified atom stereocenters. The first-order chi connectivity index (χ1) is 6.56. The van der Waals surface area contributed by atoms with E-state index in [9.17, 15) is 4.79 Å². The molecule has 3 N–H and O–H groups in total. The van der Waals surface area contributed by atoms with Gasteiger partial charge in [-0.2, -0.15) is 5.26 Å². The summed E-state index contributed by atoms with van der Waals surface area (Å²) in [4.78, 5) is 10.6. The van der Waals surface area contributed by atoms with Crippen LogP contribution in [0.1, 0.15) is 22.7 Å². The predicted molar refractivity (Wildman–Crippen MR) is 50.5 cm³/mol. The van der Waals surface area contributed by atoms with Crippen molar-refractivity contribution < 1.29 is 9.90 Å². The highest BCUT2D eigenvalue weighted by molar-refractivity contribution is 5.76. The van der Waals surface area contributed by atoms with Gasteiger partial charge in [0.2, 0.25) is 0 Å². The lowest BCUT2D eigenvalue weighted by molar-refractivity contribution is -0.138. The monoisotopic (exact) mass is 190 g/mol. The summed E-state index contributed by atoms with van der Waals surface area (Å²) in [6.07, 6.45) is 0. The van der Waals surface area contributed by atoms with E-state index < -0.39 is 12.0 Å². The molecule has 4 heteroatoms. The van der Waals surface area contributed by atoms with E-state index in [0.29, 0.717) is 11.1 Å². The SMILES string of the molecule is Cc1ccc(C#N)cc1[C@@H](N)C(=O)O. The molecule has 1 aromatic carbocycles. The molecule has 1 atom stereocenters. The Morgan fingerprint density at radius 2 is 2.29 bits per heavy atom. The van der Waals surface area contributed by atoms with Gasteiger partial charge in [-0.05, 0) is 30.2 Å². The molecule has 0 aliphatic heterocycles. The summed E-state index contributed by atoms with van der Waals surface area (Å²) in [5.74, 6) is -1.09. The number of carbonyl (C=O) groups is 1. The van der Waals surface area contributed by atoms with Gasteiger partial charge in [0.25, 0.3) is 0 Å². The summed E-state index contributed by atoms with van der Waals surface area (Å²) in [7, 11) is 0. The number of hydrogen-bond donors (Lipinski definition) is 2. The third-order valence-electron chi connectivity index (χ3n) is 2.01. The van der Waals surface area contributed by atoms with Crippen LogP contribution in [0, 0.1) is 18.3 Å². The minimum atomic E-state index is -1.09. The quantitative estimate of drug-likeness (QED) is 0.726. The van der Waals surface area contributed by atoms with Crippen molar-refractivity contribution in [3.8, 4) is 6.07 Å². The Morgan fingerprint density at radius 3 is 2.79 bits per heavy atom. The summed E-state index contributed by atoms with van der Waals surface area (Å²) >= 11 is 0. The van der Waals surface area contributed by atoms with Crippen LogP contribution in [0.15, 0.2) is 18.2 Å². The van der Waals surface area contributed by atoms with Crippen molar-refractivity contribution in [2.24, 2.45) is 5.73 Å². The van der Waals surface area contributed by atoms with Gasteiger partial charge in [-0.3, -0.25) is 4.79 Å². The van der Waals surface area contributed by atoms with E-state index in [4.69, 9.17) is 16.1 Å². The summed E-state index contributed by atoms with van der Waals surface area (Å²) in [5.41, 5.74) is 7.13. The zero-order chi connectivity index (χ0) is 10.7. The molecule has 1 aromatic rings. The highest BCUT2D eigenvalue weighted by Crippen LogP contribution is 2.17. The Hall–Kier alpha value is -1.86. The Balaban J connectivity index is 3.20. The van der Waals surface area contributed by atoms with Crippen LogP contribution in [0.3, 0.4) is 0 Å². The second kappa shape index (κ2) is 3.90. The molecule has 4 nitrogen and oxygen atoms in total. The van der Waals surface area contributed by atoms with Gasteiger partial charge < -0.3 is 10.8 Å². The largest absolute Gasteiger partial charge is 0.480 e. The summed E-state index contributed by atoms with van der Waals surface area (Å²) < 4.78 is 0. The molecule has 72 valence electrons. The number of hydrogen-bond acceptors (Lipinski definition) is 3. The molecular formula is C10H10N2O2. The Labute approximate surface area is 81.6 Å².